The lowest BCUT2D eigenvalue weighted by Crippen LogP contribution is -2.07. The number of rotatable bonds is 4. The summed E-state index contributed by atoms with van der Waals surface area (Å²) in [6.45, 7) is 2.13. The third-order valence-electron chi connectivity index (χ3n) is 1.74. The molecule has 0 aliphatic rings. The third kappa shape index (κ3) is 3.81. The summed E-state index contributed by atoms with van der Waals surface area (Å²) in [5, 5.41) is 0. The number of carbonyl (C=O) groups excluding carboxylic acids is 1. The molecule has 0 atom stereocenters. The van der Waals surface area contributed by atoms with Crippen molar-refractivity contribution in [1.29, 1.82) is 0 Å². The van der Waals surface area contributed by atoms with E-state index in [1.165, 1.54) is 0 Å². The second-order valence-corrected chi connectivity index (χ2v) is 2.87. The first kappa shape index (κ1) is 11.2. The summed E-state index contributed by atoms with van der Waals surface area (Å²) in [6.07, 6.45) is 4.96. The minimum atomic E-state index is -0.291. The van der Waals surface area contributed by atoms with E-state index in [1.807, 2.05) is 0 Å². The fraction of sp³-hybridized carbons (Fsp3) is 0.273. The third-order valence-corrected chi connectivity index (χ3v) is 1.74. The molecule has 15 heavy (non-hydrogen) atoms. The quantitative estimate of drug-likeness (QED) is 0.758. The van der Waals surface area contributed by atoms with Crippen LogP contribution >= 0.6 is 0 Å². The van der Waals surface area contributed by atoms with Crippen LogP contribution in [0.1, 0.15) is 18.9 Å². The average Bonchev–Trinajstić information content (AvgIpc) is 2.21. The van der Waals surface area contributed by atoms with Gasteiger partial charge in [0.25, 0.3) is 5.56 Å². The largest absolute Gasteiger partial charge is 0.466 e. The first-order valence-electron chi connectivity index (χ1n) is 4.74. The number of pyridine rings is 1. The van der Waals surface area contributed by atoms with Crippen LogP contribution in [0.5, 0.6) is 0 Å². The lowest BCUT2D eigenvalue weighted by molar-refractivity contribution is -0.142. The van der Waals surface area contributed by atoms with Crippen LogP contribution < -0.4 is 5.56 Å². The lowest BCUT2D eigenvalue weighted by atomic mass is 10.2. The van der Waals surface area contributed by atoms with Gasteiger partial charge in [0.05, 0.1) is 13.0 Å². The molecule has 0 bridgehead atoms. The van der Waals surface area contributed by atoms with E-state index in [1.54, 1.807) is 37.4 Å². The Kier molecular flexibility index (Phi) is 4.34. The Morgan fingerprint density at radius 3 is 3.07 bits per heavy atom. The second kappa shape index (κ2) is 5.80. The number of hydrogen-bond acceptors (Lipinski definition) is 3. The van der Waals surface area contributed by atoms with Crippen molar-refractivity contribution in [3.63, 3.8) is 0 Å². The molecule has 1 aromatic heterocycles. The predicted octanol–water partition coefficient (Wildman–Crippen LogP) is 1.34. The van der Waals surface area contributed by atoms with Gasteiger partial charge < -0.3 is 9.72 Å². The Balaban J connectivity index is 2.56. The smallest absolute Gasteiger partial charge is 0.309 e. The van der Waals surface area contributed by atoms with Crippen molar-refractivity contribution in [1.82, 2.24) is 4.98 Å². The van der Waals surface area contributed by atoms with Crippen LogP contribution in [0.2, 0.25) is 0 Å². The van der Waals surface area contributed by atoms with Crippen molar-refractivity contribution in [3.8, 4) is 0 Å². The summed E-state index contributed by atoms with van der Waals surface area (Å²) < 4.78 is 4.73. The lowest BCUT2D eigenvalue weighted by Gasteiger charge is -1.96. The molecule has 0 aromatic carbocycles. The number of hydrogen-bond donors (Lipinski definition) is 1. The fourth-order valence-electron chi connectivity index (χ4n) is 1.07. The highest BCUT2D eigenvalue weighted by molar-refractivity contribution is 5.72. The van der Waals surface area contributed by atoms with Crippen LogP contribution in [0.25, 0.3) is 6.08 Å². The van der Waals surface area contributed by atoms with Crippen molar-refractivity contribution in [2.75, 3.05) is 6.61 Å². The zero-order chi connectivity index (χ0) is 11.1. The van der Waals surface area contributed by atoms with E-state index < -0.39 is 0 Å². The summed E-state index contributed by atoms with van der Waals surface area (Å²) in [6, 6.07) is 3.41. The zero-order valence-electron chi connectivity index (χ0n) is 8.53. The SMILES string of the molecule is CCOC(=O)CC=Cc1ccc[nH]c1=O. The number of nitrogens with one attached hydrogen (secondary N) is 1. The van der Waals surface area contributed by atoms with Gasteiger partial charge in [0.15, 0.2) is 0 Å². The monoisotopic (exact) mass is 207 g/mol. The number of H-pyrrole nitrogens is 1. The van der Waals surface area contributed by atoms with Gasteiger partial charge in [-0.2, -0.15) is 0 Å². The maximum Gasteiger partial charge on any atom is 0.309 e. The standard InChI is InChI=1S/C11H13NO3/c1-2-15-10(13)7-3-5-9-6-4-8-12-11(9)14/h3-6,8H,2,7H2,1H3,(H,12,14). The Labute approximate surface area is 87.6 Å². The van der Waals surface area contributed by atoms with Crippen molar-refractivity contribution in [2.24, 2.45) is 0 Å². The van der Waals surface area contributed by atoms with E-state index in [0.717, 1.165) is 0 Å². The van der Waals surface area contributed by atoms with Crippen molar-refractivity contribution >= 4 is 12.0 Å². The van der Waals surface area contributed by atoms with E-state index in [-0.39, 0.29) is 17.9 Å². The first-order chi connectivity index (χ1) is 7.24. The number of aromatic amines is 1. The first-order valence-corrected chi connectivity index (χ1v) is 4.74. The maximum atomic E-state index is 11.2. The summed E-state index contributed by atoms with van der Waals surface area (Å²) in [5.74, 6) is -0.291. The molecule has 4 heteroatoms. The van der Waals surface area contributed by atoms with Gasteiger partial charge in [0.2, 0.25) is 0 Å². The Hall–Kier alpha value is -1.84. The van der Waals surface area contributed by atoms with Crippen molar-refractivity contribution in [2.45, 2.75) is 13.3 Å². The zero-order valence-corrected chi connectivity index (χ0v) is 8.53. The summed E-state index contributed by atoms with van der Waals surface area (Å²) in [5.41, 5.74) is 0.361. The molecule has 0 saturated carbocycles. The Morgan fingerprint density at radius 1 is 1.60 bits per heavy atom. The molecule has 1 aromatic rings. The molecule has 1 heterocycles. The number of aromatic nitrogens is 1. The van der Waals surface area contributed by atoms with Crippen LogP contribution in [-0.2, 0) is 9.53 Å². The van der Waals surface area contributed by atoms with Crippen LogP contribution in [0.3, 0.4) is 0 Å². The van der Waals surface area contributed by atoms with Crippen molar-refractivity contribution < 1.29 is 9.53 Å². The van der Waals surface area contributed by atoms with Gasteiger partial charge in [-0.1, -0.05) is 12.2 Å². The minimum Gasteiger partial charge on any atom is -0.466 e. The van der Waals surface area contributed by atoms with Crippen molar-refractivity contribution in [3.05, 3.63) is 40.3 Å². The molecule has 0 spiro atoms. The highest BCUT2D eigenvalue weighted by Crippen LogP contribution is 1.96. The van der Waals surface area contributed by atoms with Gasteiger partial charge in [-0.05, 0) is 19.1 Å². The predicted molar refractivity (Wildman–Crippen MR) is 57.3 cm³/mol. The molecular weight excluding hydrogens is 194 g/mol. The Morgan fingerprint density at radius 2 is 2.40 bits per heavy atom. The van der Waals surface area contributed by atoms with Gasteiger partial charge in [0, 0.05) is 11.8 Å². The minimum absolute atomic E-state index is 0.169. The van der Waals surface area contributed by atoms with E-state index in [0.29, 0.717) is 12.2 Å². The molecule has 0 radical (unpaired) electrons. The second-order valence-electron chi connectivity index (χ2n) is 2.87. The fourth-order valence-corrected chi connectivity index (χ4v) is 1.07. The molecule has 4 nitrogen and oxygen atoms in total. The molecule has 1 rings (SSSR count). The van der Waals surface area contributed by atoms with E-state index in [2.05, 4.69) is 4.98 Å². The molecule has 0 fully saturated rings. The Bertz CT molecular complexity index is 406. The van der Waals surface area contributed by atoms with Gasteiger partial charge >= 0.3 is 5.97 Å². The van der Waals surface area contributed by atoms with Gasteiger partial charge in [0.1, 0.15) is 0 Å². The molecular formula is C11H13NO3. The molecule has 80 valence electrons. The van der Waals surface area contributed by atoms with Crippen LogP contribution in [0.4, 0.5) is 0 Å². The summed E-state index contributed by atoms with van der Waals surface area (Å²) in [7, 11) is 0. The topological polar surface area (TPSA) is 59.2 Å². The molecule has 0 aliphatic carbocycles. The molecule has 0 saturated heterocycles. The van der Waals surface area contributed by atoms with Gasteiger partial charge in [-0.15, -0.1) is 0 Å². The number of carbonyl (C=O) groups is 1. The van der Waals surface area contributed by atoms with Crippen LogP contribution in [0, 0.1) is 0 Å². The van der Waals surface area contributed by atoms with Crippen LogP contribution in [0.15, 0.2) is 29.2 Å². The van der Waals surface area contributed by atoms with E-state index >= 15 is 0 Å². The molecule has 0 unspecified atom stereocenters. The molecule has 0 aliphatic heterocycles. The maximum absolute atomic E-state index is 11.2. The van der Waals surface area contributed by atoms with E-state index in [9.17, 15) is 9.59 Å². The number of esters is 1. The molecule has 0 amide bonds. The van der Waals surface area contributed by atoms with Gasteiger partial charge in [-0.3, -0.25) is 9.59 Å². The summed E-state index contributed by atoms with van der Waals surface area (Å²) in [4.78, 5) is 24.7. The van der Waals surface area contributed by atoms with Gasteiger partial charge in [-0.25, -0.2) is 0 Å². The average molecular weight is 207 g/mol. The summed E-state index contributed by atoms with van der Waals surface area (Å²) >= 11 is 0. The molecule has 1 N–H and O–H groups in total. The highest BCUT2D eigenvalue weighted by Gasteiger charge is 1.97. The van der Waals surface area contributed by atoms with E-state index in [4.69, 9.17) is 4.74 Å². The normalized spacial score (nSPS) is 10.5. The van der Waals surface area contributed by atoms with Crippen LogP contribution in [-0.4, -0.2) is 17.6 Å². The number of ether oxygens (including phenoxy) is 1. The highest BCUT2D eigenvalue weighted by atomic mass is 16.5.